The van der Waals surface area contributed by atoms with Gasteiger partial charge in [-0.15, -0.1) is 0 Å². The maximum absolute atomic E-state index is 13.9. The van der Waals surface area contributed by atoms with E-state index < -0.39 is 0 Å². The van der Waals surface area contributed by atoms with E-state index in [-0.39, 0.29) is 30.7 Å². The van der Waals surface area contributed by atoms with Gasteiger partial charge >= 0.3 is 6.03 Å². The fraction of sp³-hybridized carbons (Fsp3) is 0.125. The molecule has 32 heavy (non-hydrogen) atoms. The number of aromatic nitrogens is 2. The molecule has 1 heterocycles. The van der Waals surface area contributed by atoms with E-state index in [2.05, 4.69) is 25.9 Å². The van der Waals surface area contributed by atoms with E-state index in [9.17, 15) is 14.0 Å². The zero-order valence-corrected chi connectivity index (χ0v) is 17.2. The van der Waals surface area contributed by atoms with E-state index in [0.717, 1.165) is 11.0 Å². The lowest BCUT2D eigenvalue weighted by Crippen LogP contribution is -2.31. The highest BCUT2D eigenvalue weighted by Gasteiger charge is 2.09. The minimum absolute atomic E-state index is 0.127. The Bertz CT molecular complexity index is 1240. The normalized spacial score (nSPS) is 10.7. The number of carbonyl (C=O) groups excluding carboxylic acids is 2. The fourth-order valence-corrected chi connectivity index (χ4v) is 3.26. The van der Waals surface area contributed by atoms with Crippen LogP contribution in [-0.4, -0.2) is 28.5 Å². The lowest BCUT2D eigenvalue weighted by Gasteiger charge is -2.08. The van der Waals surface area contributed by atoms with Crippen LogP contribution in [0.5, 0.6) is 0 Å². The molecule has 0 bridgehead atoms. The zero-order valence-electron chi connectivity index (χ0n) is 17.2. The number of hydrogen-bond acceptors (Lipinski definition) is 3. The molecule has 4 rings (SSSR count). The Morgan fingerprint density at radius 2 is 1.69 bits per heavy atom. The predicted octanol–water partition coefficient (Wildman–Crippen LogP) is 4.44. The first-order valence-corrected chi connectivity index (χ1v) is 10.2. The summed E-state index contributed by atoms with van der Waals surface area (Å²) in [7, 11) is 0. The largest absolute Gasteiger partial charge is 0.342 e. The van der Waals surface area contributed by atoms with E-state index in [1.165, 1.54) is 6.07 Å². The molecule has 1 aromatic heterocycles. The third kappa shape index (κ3) is 5.48. The molecule has 162 valence electrons. The van der Waals surface area contributed by atoms with E-state index in [1.807, 2.05) is 18.2 Å². The number of imidazole rings is 1. The van der Waals surface area contributed by atoms with Gasteiger partial charge in [-0.3, -0.25) is 4.79 Å². The Labute approximate surface area is 184 Å². The van der Waals surface area contributed by atoms with Crippen molar-refractivity contribution in [2.75, 3.05) is 17.2 Å². The van der Waals surface area contributed by atoms with Crippen LogP contribution in [-0.2, 0) is 11.2 Å². The molecule has 4 aromatic rings. The minimum atomic E-state index is -0.370. The maximum Gasteiger partial charge on any atom is 0.319 e. The van der Waals surface area contributed by atoms with Crippen LogP contribution in [0.25, 0.3) is 11.0 Å². The van der Waals surface area contributed by atoms with Gasteiger partial charge in [0.2, 0.25) is 5.91 Å². The number of H-pyrrole nitrogens is 1. The number of halogens is 1. The van der Waals surface area contributed by atoms with Gasteiger partial charge in [-0.2, -0.15) is 0 Å². The first kappa shape index (κ1) is 21.0. The van der Waals surface area contributed by atoms with Gasteiger partial charge in [0.15, 0.2) is 0 Å². The number of hydrogen-bond donors (Lipinski definition) is 4. The molecular weight excluding hydrogens is 409 g/mol. The summed E-state index contributed by atoms with van der Waals surface area (Å²) in [5.41, 5.74) is 3.32. The second kappa shape index (κ2) is 9.74. The summed E-state index contributed by atoms with van der Waals surface area (Å²) in [6, 6.07) is 20.6. The molecule has 4 N–H and O–H groups in total. The second-order valence-electron chi connectivity index (χ2n) is 7.23. The van der Waals surface area contributed by atoms with Crippen molar-refractivity contribution >= 4 is 34.3 Å². The number of benzene rings is 3. The van der Waals surface area contributed by atoms with Gasteiger partial charge in [0.05, 0.1) is 11.0 Å². The van der Waals surface area contributed by atoms with Crippen molar-refractivity contribution in [2.45, 2.75) is 12.8 Å². The summed E-state index contributed by atoms with van der Waals surface area (Å²) < 4.78 is 13.9. The number of amides is 3. The van der Waals surface area contributed by atoms with Gasteiger partial charge in [0.1, 0.15) is 11.6 Å². The number of nitrogens with one attached hydrogen (secondary N) is 4. The lowest BCUT2D eigenvalue weighted by atomic mass is 10.1. The zero-order chi connectivity index (χ0) is 22.3. The summed E-state index contributed by atoms with van der Waals surface area (Å²) in [4.78, 5) is 31.7. The summed E-state index contributed by atoms with van der Waals surface area (Å²) in [6.07, 6.45) is 0.474. The minimum Gasteiger partial charge on any atom is -0.342 e. The van der Waals surface area contributed by atoms with Gasteiger partial charge in [-0.05, 0) is 42.0 Å². The molecule has 0 unspecified atom stereocenters. The third-order valence-corrected chi connectivity index (χ3v) is 4.80. The predicted molar refractivity (Wildman–Crippen MR) is 122 cm³/mol. The number of anilines is 2. The standard InChI is InChI=1S/C24H22FN5O2/c25-19-9-5-4-6-16(19)14-22-29-20-11-10-18(15-21(20)30-22)27-23(31)12-13-26-24(32)28-17-7-2-1-3-8-17/h1-11,15H,12-14H2,(H,27,31)(H,29,30)(H2,26,28,32). The Kier molecular flexibility index (Phi) is 6.41. The van der Waals surface area contributed by atoms with Gasteiger partial charge in [-0.25, -0.2) is 14.2 Å². The molecule has 7 nitrogen and oxygen atoms in total. The van der Waals surface area contributed by atoms with Crippen LogP contribution >= 0.6 is 0 Å². The van der Waals surface area contributed by atoms with Crippen molar-refractivity contribution in [3.8, 4) is 0 Å². The highest BCUT2D eigenvalue weighted by atomic mass is 19.1. The van der Waals surface area contributed by atoms with Crippen molar-refractivity contribution in [1.29, 1.82) is 0 Å². The number of rotatable bonds is 7. The van der Waals surface area contributed by atoms with Crippen LogP contribution in [0.4, 0.5) is 20.6 Å². The van der Waals surface area contributed by atoms with Crippen LogP contribution in [0, 0.1) is 5.82 Å². The average Bonchev–Trinajstić information content (AvgIpc) is 3.17. The van der Waals surface area contributed by atoms with Gasteiger partial charge < -0.3 is 20.9 Å². The highest BCUT2D eigenvalue weighted by Crippen LogP contribution is 2.19. The molecule has 0 spiro atoms. The first-order chi connectivity index (χ1) is 15.6. The molecule has 0 aliphatic carbocycles. The van der Waals surface area contributed by atoms with Crippen molar-refractivity contribution in [1.82, 2.24) is 15.3 Å². The Morgan fingerprint density at radius 3 is 2.50 bits per heavy atom. The van der Waals surface area contributed by atoms with Crippen molar-refractivity contribution < 1.29 is 14.0 Å². The number of fused-ring (bicyclic) bond motifs is 1. The Morgan fingerprint density at radius 1 is 0.906 bits per heavy atom. The van der Waals surface area contributed by atoms with E-state index in [1.54, 1.807) is 48.5 Å². The first-order valence-electron chi connectivity index (χ1n) is 10.2. The smallest absolute Gasteiger partial charge is 0.319 e. The topological polar surface area (TPSA) is 98.9 Å². The monoisotopic (exact) mass is 431 g/mol. The molecule has 0 saturated carbocycles. The fourth-order valence-electron chi connectivity index (χ4n) is 3.26. The van der Waals surface area contributed by atoms with Crippen molar-refractivity contribution in [3.63, 3.8) is 0 Å². The maximum atomic E-state index is 13.9. The van der Waals surface area contributed by atoms with Crippen LogP contribution in [0.3, 0.4) is 0 Å². The van der Waals surface area contributed by atoms with E-state index >= 15 is 0 Å². The Balaban J connectivity index is 1.29. The van der Waals surface area contributed by atoms with Crippen LogP contribution in [0.2, 0.25) is 0 Å². The quantitative estimate of drug-likeness (QED) is 0.348. The van der Waals surface area contributed by atoms with Gasteiger partial charge in [-0.1, -0.05) is 36.4 Å². The molecule has 0 atom stereocenters. The summed E-state index contributed by atoms with van der Waals surface area (Å²) in [6.45, 7) is 0.198. The highest BCUT2D eigenvalue weighted by molar-refractivity contribution is 5.94. The summed E-state index contributed by atoms with van der Waals surface area (Å²) in [5, 5.41) is 8.15. The molecular formula is C24H22FN5O2. The van der Waals surface area contributed by atoms with E-state index in [4.69, 9.17) is 0 Å². The Hall–Kier alpha value is -4.20. The molecule has 8 heteroatoms. The van der Waals surface area contributed by atoms with Crippen LogP contribution in [0.1, 0.15) is 17.8 Å². The molecule has 0 fully saturated rings. The van der Waals surface area contributed by atoms with E-state index in [0.29, 0.717) is 29.2 Å². The van der Waals surface area contributed by atoms with Crippen LogP contribution < -0.4 is 16.0 Å². The number of para-hydroxylation sites is 1. The molecule has 3 aromatic carbocycles. The molecule has 0 aliphatic heterocycles. The molecule has 0 radical (unpaired) electrons. The van der Waals surface area contributed by atoms with Gasteiger partial charge in [0, 0.05) is 30.8 Å². The van der Waals surface area contributed by atoms with Crippen LogP contribution in [0.15, 0.2) is 72.8 Å². The third-order valence-electron chi connectivity index (χ3n) is 4.80. The van der Waals surface area contributed by atoms with Gasteiger partial charge in [0.25, 0.3) is 0 Å². The van der Waals surface area contributed by atoms with Crippen molar-refractivity contribution in [2.24, 2.45) is 0 Å². The average molecular weight is 431 g/mol. The second-order valence-corrected chi connectivity index (χ2v) is 7.23. The number of carbonyl (C=O) groups is 2. The summed E-state index contributed by atoms with van der Waals surface area (Å²) >= 11 is 0. The van der Waals surface area contributed by atoms with Crippen molar-refractivity contribution in [3.05, 3.63) is 90.0 Å². The lowest BCUT2D eigenvalue weighted by molar-refractivity contribution is -0.116. The number of urea groups is 1. The number of nitrogens with zero attached hydrogens (tertiary/aromatic N) is 1. The molecule has 3 amide bonds. The number of aromatic amines is 1. The molecule has 0 saturated heterocycles. The summed E-state index contributed by atoms with van der Waals surface area (Å²) in [5.74, 6) is 0.143. The SMILES string of the molecule is O=C(CCNC(=O)Nc1ccccc1)Nc1ccc2nc(Cc3ccccc3F)[nH]c2c1. The molecule has 0 aliphatic rings.